The highest BCUT2D eigenvalue weighted by molar-refractivity contribution is 5.76. The third-order valence-corrected chi connectivity index (χ3v) is 3.51. The molecule has 0 radical (unpaired) electrons. The summed E-state index contributed by atoms with van der Waals surface area (Å²) in [5, 5.41) is 7.20. The Balaban J connectivity index is 2.27. The number of amidine groups is 1. The predicted octanol–water partition coefficient (Wildman–Crippen LogP) is 2.07. The average molecular weight is 211 g/mol. The summed E-state index contributed by atoms with van der Waals surface area (Å²) >= 11 is 0. The highest BCUT2D eigenvalue weighted by Gasteiger charge is 2.28. The molecule has 1 aliphatic heterocycles. The van der Waals surface area contributed by atoms with Crippen LogP contribution in [0.2, 0.25) is 0 Å². The minimum Gasteiger partial charge on any atom is -0.388 e. The molecule has 1 heterocycles. The molecule has 0 aromatic rings. The molecule has 1 fully saturated rings. The van der Waals surface area contributed by atoms with Gasteiger partial charge in [0.15, 0.2) is 0 Å². The van der Waals surface area contributed by atoms with Crippen molar-refractivity contribution in [3.05, 3.63) is 0 Å². The van der Waals surface area contributed by atoms with Crippen molar-refractivity contribution in [1.29, 1.82) is 5.41 Å². The van der Waals surface area contributed by atoms with Gasteiger partial charge in [0, 0.05) is 13.0 Å². The average Bonchev–Trinajstić information content (AvgIpc) is 2.14. The van der Waals surface area contributed by atoms with E-state index < -0.39 is 0 Å². The fourth-order valence-electron chi connectivity index (χ4n) is 2.30. The van der Waals surface area contributed by atoms with E-state index in [-0.39, 0.29) is 0 Å². The second-order valence-corrected chi connectivity index (χ2v) is 5.76. The molecule has 0 atom stereocenters. The number of hydrogen-bond donors (Lipinski definition) is 2. The molecule has 15 heavy (non-hydrogen) atoms. The Morgan fingerprint density at radius 2 is 1.87 bits per heavy atom. The van der Waals surface area contributed by atoms with Gasteiger partial charge in [-0.2, -0.15) is 0 Å². The lowest BCUT2D eigenvalue weighted by Gasteiger charge is -2.38. The molecule has 1 saturated heterocycles. The van der Waals surface area contributed by atoms with E-state index in [0.717, 1.165) is 18.9 Å². The van der Waals surface area contributed by atoms with Crippen LogP contribution in [0.1, 0.15) is 40.0 Å². The first-order chi connectivity index (χ1) is 6.89. The summed E-state index contributed by atoms with van der Waals surface area (Å²) in [4.78, 5) is 2.43. The molecule has 0 aromatic heterocycles. The van der Waals surface area contributed by atoms with E-state index in [2.05, 4.69) is 25.7 Å². The summed E-state index contributed by atoms with van der Waals surface area (Å²) in [6, 6.07) is 0. The van der Waals surface area contributed by atoms with Crippen LogP contribution < -0.4 is 5.73 Å². The molecule has 0 aromatic carbocycles. The molecule has 0 unspecified atom stereocenters. The summed E-state index contributed by atoms with van der Waals surface area (Å²) in [5.74, 6) is 1.17. The Morgan fingerprint density at radius 1 is 1.33 bits per heavy atom. The Labute approximate surface area is 93.5 Å². The van der Waals surface area contributed by atoms with E-state index in [0.29, 0.717) is 11.3 Å². The van der Waals surface area contributed by atoms with Crippen LogP contribution in [0.4, 0.5) is 0 Å². The van der Waals surface area contributed by atoms with Gasteiger partial charge in [0.25, 0.3) is 0 Å². The standard InChI is InChI=1S/C12H25N3/c1-12(2,3)10-4-7-15(8-5-10)9-6-11(13)14/h10H,4-9H2,1-3H3,(H3,13,14). The maximum Gasteiger partial charge on any atom is 0.0918 e. The van der Waals surface area contributed by atoms with E-state index in [1.165, 1.54) is 25.9 Å². The van der Waals surface area contributed by atoms with Crippen molar-refractivity contribution in [1.82, 2.24) is 4.90 Å². The number of rotatable bonds is 3. The molecule has 0 amide bonds. The molecule has 1 aliphatic rings. The summed E-state index contributed by atoms with van der Waals surface area (Å²) in [7, 11) is 0. The van der Waals surface area contributed by atoms with Crippen molar-refractivity contribution in [3.63, 3.8) is 0 Å². The molecule has 3 N–H and O–H groups in total. The van der Waals surface area contributed by atoms with E-state index in [9.17, 15) is 0 Å². The number of piperidine rings is 1. The number of hydrogen-bond acceptors (Lipinski definition) is 2. The Kier molecular flexibility index (Phi) is 4.14. The summed E-state index contributed by atoms with van der Waals surface area (Å²) in [5.41, 5.74) is 5.81. The summed E-state index contributed by atoms with van der Waals surface area (Å²) < 4.78 is 0. The van der Waals surface area contributed by atoms with Gasteiger partial charge in [-0.25, -0.2) is 0 Å². The molecule has 1 rings (SSSR count). The van der Waals surface area contributed by atoms with Gasteiger partial charge >= 0.3 is 0 Å². The fraction of sp³-hybridized carbons (Fsp3) is 0.917. The third kappa shape index (κ3) is 4.20. The highest BCUT2D eigenvalue weighted by Crippen LogP contribution is 2.34. The van der Waals surface area contributed by atoms with Crippen molar-refractivity contribution in [2.75, 3.05) is 19.6 Å². The molecule has 88 valence electrons. The van der Waals surface area contributed by atoms with Crippen LogP contribution in [0.15, 0.2) is 0 Å². The first-order valence-corrected chi connectivity index (χ1v) is 5.95. The zero-order chi connectivity index (χ0) is 11.5. The lowest BCUT2D eigenvalue weighted by Crippen LogP contribution is -2.39. The zero-order valence-electron chi connectivity index (χ0n) is 10.3. The van der Waals surface area contributed by atoms with Gasteiger partial charge in [-0.15, -0.1) is 0 Å². The molecule has 0 bridgehead atoms. The maximum absolute atomic E-state index is 7.20. The van der Waals surface area contributed by atoms with Gasteiger partial charge in [0.05, 0.1) is 5.84 Å². The summed E-state index contributed by atoms with van der Waals surface area (Å²) in [6.45, 7) is 10.3. The number of nitrogens with one attached hydrogen (secondary N) is 1. The molecule has 0 aliphatic carbocycles. The van der Waals surface area contributed by atoms with E-state index in [4.69, 9.17) is 11.1 Å². The fourth-order valence-corrected chi connectivity index (χ4v) is 2.30. The summed E-state index contributed by atoms with van der Waals surface area (Å²) in [6.07, 6.45) is 3.31. The highest BCUT2D eigenvalue weighted by atomic mass is 15.1. The van der Waals surface area contributed by atoms with Crippen LogP contribution in [-0.2, 0) is 0 Å². The number of likely N-dealkylation sites (tertiary alicyclic amines) is 1. The van der Waals surface area contributed by atoms with E-state index in [1.54, 1.807) is 0 Å². The normalized spacial score (nSPS) is 20.5. The second kappa shape index (κ2) is 4.97. The quantitative estimate of drug-likeness (QED) is 0.554. The molecule has 3 heteroatoms. The topological polar surface area (TPSA) is 53.1 Å². The predicted molar refractivity (Wildman–Crippen MR) is 65.2 cm³/mol. The van der Waals surface area contributed by atoms with Crippen LogP contribution in [0.3, 0.4) is 0 Å². The van der Waals surface area contributed by atoms with Crippen molar-refractivity contribution >= 4 is 5.84 Å². The van der Waals surface area contributed by atoms with Crippen LogP contribution >= 0.6 is 0 Å². The Bertz CT molecular complexity index is 209. The largest absolute Gasteiger partial charge is 0.388 e. The SMILES string of the molecule is CC(C)(C)C1CCN(CCC(=N)N)CC1. The Morgan fingerprint density at radius 3 is 2.27 bits per heavy atom. The first-order valence-electron chi connectivity index (χ1n) is 5.95. The van der Waals surface area contributed by atoms with Crippen LogP contribution in [0.5, 0.6) is 0 Å². The van der Waals surface area contributed by atoms with E-state index in [1.807, 2.05) is 0 Å². The van der Waals surface area contributed by atoms with Gasteiger partial charge in [0.1, 0.15) is 0 Å². The molecule has 0 spiro atoms. The lowest BCUT2D eigenvalue weighted by atomic mass is 9.75. The lowest BCUT2D eigenvalue weighted by molar-refractivity contribution is 0.114. The maximum atomic E-state index is 7.20. The van der Waals surface area contributed by atoms with Crippen molar-refractivity contribution in [3.8, 4) is 0 Å². The monoisotopic (exact) mass is 211 g/mol. The van der Waals surface area contributed by atoms with Crippen molar-refractivity contribution in [2.45, 2.75) is 40.0 Å². The van der Waals surface area contributed by atoms with Gasteiger partial charge in [-0.1, -0.05) is 20.8 Å². The van der Waals surface area contributed by atoms with E-state index >= 15 is 0 Å². The minimum atomic E-state index is 0.313. The molecule has 0 saturated carbocycles. The molecule has 3 nitrogen and oxygen atoms in total. The van der Waals surface area contributed by atoms with Gasteiger partial charge in [-0.05, 0) is 37.3 Å². The van der Waals surface area contributed by atoms with Gasteiger partial charge < -0.3 is 10.6 Å². The molecular formula is C12H25N3. The first kappa shape index (κ1) is 12.5. The van der Waals surface area contributed by atoms with Crippen LogP contribution in [-0.4, -0.2) is 30.4 Å². The number of nitrogens with two attached hydrogens (primary N) is 1. The minimum absolute atomic E-state index is 0.313. The van der Waals surface area contributed by atoms with Crippen molar-refractivity contribution in [2.24, 2.45) is 17.1 Å². The second-order valence-electron chi connectivity index (χ2n) is 5.76. The smallest absolute Gasteiger partial charge is 0.0918 e. The van der Waals surface area contributed by atoms with Gasteiger partial charge in [-0.3, -0.25) is 5.41 Å². The van der Waals surface area contributed by atoms with Crippen LogP contribution in [0, 0.1) is 16.7 Å². The van der Waals surface area contributed by atoms with Crippen molar-refractivity contribution < 1.29 is 0 Å². The number of nitrogens with zero attached hydrogens (tertiary/aromatic N) is 1. The van der Waals surface area contributed by atoms with Gasteiger partial charge in [0.2, 0.25) is 0 Å². The molecular weight excluding hydrogens is 186 g/mol. The third-order valence-electron chi connectivity index (χ3n) is 3.51. The Hall–Kier alpha value is -0.570. The van der Waals surface area contributed by atoms with Crippen LogP contribution in [0.25, 0.3) is 0 Å². The zero-order valence-corrected chi connectivity index (χ0v) is 10.3.